The molecule has 1 heterocycles. The van der Waals surface area contributed by atoms with E-state index >= 15 is 0 Å². The van der Waals surface area contributed by atoms with Crippen LogP contribution in [0.3, 0.4) is 0 Å². The molecular weight excluding hydrogens is 314 g/mol. The Morgan fingerprint density at radius 3 is 2.56 bits per heavy atom. The van der Waals surface area contributed by atoms with Crippen molar-refractivity contribution in [3.63, 3.8) is 0 Å². The smallest absolute Gasteiger partial charge is 0.302 e. The molecule has 132 valence electrons. The molecule has 1 aliphatic heterocycles. The molecule has 3 rings (SSSR count). The van der Waals surface area contributed by atoms with Crippen LogP contribution in [0.5, 0.6) is 0 Å². The zero-order chi connectivity index (χ0) is 17.9. The van der Waals surface area contributed by atoms with Crippen LogP contribution in [0.25, 0.3) is 0 Å². The average Bonchev–Trinajstić information content (AvgIpc) is 2.61. The third kappa shape index (κ3) is 3.54. The van der Waals surface area contributed by atoms with Crippen molar-refractivity contribution < 1.29 is 14.3 Å². The van der Waals surface area contributed by atoms with E-state index in [1.165, 1.54) is 6.92 Å². The number of carbonyl (C=O) groups excluding carboxylic acids is 1. The highest BCUT2D eigenvalue weighted by atomic mass is 16.6. The zero-order valence-electron chi connectivity index (χ0n) is 15.0. The van der Waals surface area contributed by atoms with Gasteiger partial charge in [-0.05, 0) is 25.0 Å². The highest BCUT2D eigenvalue weighted by Crippen LogP contribution is 2.45. The Kier molecular flexibility index (Phi) is 5.09. The summed E-state index contributed by atoms with van der Waals surface area (Å²) in [5.74, 6) is -0.270. The number of ether oxygens (including phenoxy) is 2. The Hall–Kier alpha value is -2.33. The van der Waals surface area contributed by atoms with Crippen LogP contribution >= 0.6 is 0 Å². The summed E-state index contributed by atoms with van der Waals surface area (Å²) in [5, 5.41) is 3.45. The molecule has 1 N–H and O–H groups in total. The molecule has 0 saturated heterocycles. The van der Waals surface area contributed by atoms with E-state index in [2.05, 4.69) is 36.5 Å². The Bertz CT molecular complexity index is 731. The van der Waals surface area contributed by atoms with Gasteiger partial charge in [0.05, 0.1) is 0 Å². The summed E-state index contributed by atoms with van der Waals surface area (Å²) in [6.45, 7) is 5.46. The van der Waals surface area contributed by atoms with Gasteiger partial charge in [-0.2, -0.15) is 0 Å². The first-order valence-electron chi connectivity index (χ1n) is 8.81. The lowest BCUT2D eigenvalue weighted by atomic mass is 9.81. The first-order valence-corrected chi connectivity index (χ1v) is 8.81. The van der Waals surface area contributed by atoms with Crippen LogP contribution in [0.1, 0.15) is 44.7 Å². The molecule has 25 heavy (non-hydrogen) atoms. The lowest BCUT2D eigenvalue weighted by Gasteiger charge is -2.44. The highest BCUT2D eigenvalue weighted by Gasteiger charge is 2.41. The van der Waals surface area contributed by atoms with Crippen molar-refractivity contribution in [2.45, 2.75) is 51.5 Å². The van der Waals surface area contributed by atoms with Gasteiger partial charge in [-0.1, -0.05) is 55.5 Å². The molecule has 0 bridgehead atoms. The number of benzene rings is 2. The average molecular weight is 339 g/mol. The van der Waals surface area contributed by atoms with Crippen molar-refractivity contribution in [3.05, 3.63) is 65.7 Å². The van der Waals surface area contributed by atoms with Crippen LogP contribution < -0.4 is 5.32 Å². The molecule has 3 atom stereocenters. The van der Waals surface area contributed by atoms with Gasteiger partial charge in [-0.25, -0.2) is 0 Å². The maximum atomic E-state index is 11.2. The number of fused-ring (bicyclic) bond motifs is 1. The van der Waals surface area contributed by atoms with E-state index in [1.807, 2.05) is 37.3 Å². The van der Waals surface area contributed by atoms with E-state index in [4.69, 9.17) is 9.47 Å². The molecule has 0 saturated carbocycles. The Balaban J connectivity index is 1.97. The van der Waals surface area contributed by atoms with E-state index in [-0.39, 0.29) is 18.3 Å². The monoisotopic (exact) mass is 339 g/mol. The van der Waals surface area contributed by atoms with Crippen LogP contribution in [0.4, 0.5) is 5.69 Å². The summed E-state index contributed by atoms with van der Waals surface area (Å²) in [6, 6.07) is 18.6. The van der Waals surface area contributed by atoms with Gasteiger partial charge in [0.25, 0.3) is 0 Å². The molecule has 2 aromatic carbocycles. The molecule has 2 aromatic rings. The quantitative estimate of drug-likeness (QED) is 0.818. The van der Waals surface area contributed by atoms with Gasteiger partial charge in [0, 0.05) is 24.6 Å². The zero-order valence-corrected chi connectivity index (χ0v) is 15.0. The fraction of sp³-hybridized carbons (Fsp3) is 0.381. The third-order valence-corrected chi connectivity index (χ3v) is 4.67. The summed E-state index contributed by atoms with van der Waals surface area (Å²) in [5.41, 5.74) is 2.83. The van der Waals surface area contributed by atoms with Crippen molar-refractivity contribution >= 4 is 11.7 Å². The van der Waals surface area contributed by atoms with Crippen LogP contribution in [0.2, 0.25) is 0 Å². The Labute approximate surface area is 149 Å². The molecule has 4 heteroatoms. The van der Waals surface area contributed by atoms with Crippen LogP contribution in [-0.4, -0.2) is 18.3 Å². The maximum Gasteiger partial charge on any atom is 0.302 e. The number of para-hydroxylation sites is 1. The number of esters is 1. The molecule has 0 spiro atoms. The molecular formula is C21H25NO3. The topological polar surface area (TPSA) is 47.6 Å². The predicted molar refractivity (Wildman–Crippen MR) is 98.3 cm³/mol. The second kappa shape index (κ2) is 7.28. The number of carbonyl (C=O) groups is 1. The minimum Gasteiger partial charge on any atom is -0.463 e. The number of hydrogen-bond acceptors (Lipinski definition) is 4. The molecule has 0 aromatic heterocycles. The number of rotatable bonds is 5. The second-order valence-electron chi connectivity index (χ2n) is 6.50. The van der Waals surface area contributed by atoms with E-state index in [0.29, 0.717) is 6.42 Å². The van der Waals surface area contributed by atoms with E-state index in [1.54, 1.807) is 0 Å². The molecule has 4 nitrogen and oxygen atoms in total. The maximum absolute atomic E-state index is 11.2. The summed E-state index contributed by atoms with van der Waals surface area (Å²) in [7, 11) is 0. The van der Waals surface area contributed by atoms with Gasteiger partial charge in [0.15, 0.2) is 0 Å². The fourth-order valence-electron chi connectivity index (χ4n) is 3.62. The van der Waals surface area contributed by atoms with E-state index in [0.717, 1.165) is 23.2 Å². The second-order valence-corrected chi connectivity index (χ2v) is 6.50. The van der Waals surface area contributed by atoms with Gasteiger partial charge in [0.1, 0.15) is 17.9 Å². The minimum atomic E-state index is -0.510. The standard InChI is InChI=1S/C21H25NO3/c1-4-21(17-10-6-5-7-11-17)18-12-8-9-13-19(18)22-20(25-21)14-15(2)24-16(3)23/h5-13,15,20,22H,4,14H2,1-3H3/t15-,20-,21+/m0/s1. The molecule has 0 radical (unpaired) electrons. The highest BCUT2D eigenvalue weighted by molar-refractivity contribution is 5.66. The number of anilines is 1. The summed E-state index contributed by atoms with van der Waals surface area (Å²) >= 11 is 0. The largest absolute Gasteiger partial charge is 0.463 e. The minimum absolute atomic E-state index is 0.217. The number of hydrogen-bond donors (Lipinski definition) is 1. The van der Waals surface area contributed by atoms with Crippen molar-refractivity contribution in [2.75, 3.05) is 5.32 Å². The first kappa shape index (κ1) is 17.5. The Morgan fingerprint density at radius 2 is 1.88 bits per heavy atom. The van der Waals surface area contributed by atoms with Gasteiger partial charge < -0.3 is 14.8 Å². The number of nitrogens with one attached hydrogen (secondary N) is 1. The molecule has 0 unspecified atom stereocenters. The van der Waals surface area contributed by atoms with Crippen LogP contribution in [-0.2, 0) is 19.9 Å². The summed E-state index contributed by atoms with van der Waals surface area (Å²) in [6.07, 6.45) is 0.950. The summed E-state index contributed by atoms with van der Waals surface area (Å²) in [4.78, 5) is 11.2. The van der Waals surface area contributed by atoms with Crippen molar-refractivity contribution in [3.8, 4) is 0 Å². The van der Waals surface area contributed by atoms with Crippen LogP contribution in [0.15, 0.2) is 54.6 Å². The van der Waals surface area contributed by atoms with E-state index < -0.39 is 5.60 Å². The normalized spacial score (nSPS) is 23.2. The lowest BCUT2D eigenvalue weighted by Crippen LogP contribution is -2.44. The lowest BCUT2D eigenvalue weighted by molar-refractivity contribution is -0.148. The third-order valence-electron chi connectivity index (χ3n) is 4.67. The van der Waals surface area contributed by atoms with Crippen molar-refractivity contribution in [2.24, 2.45) is 0 Å². The SMILES string of the molecule is CC[C@]1(c2ccccc2)O[C@@H](C[C@H](C)OC(C)=O)Nc2ccccc21. The Morgan fingerprint density at radius 1 is 1.20 bits per heavy atom. The van der Waals surface area contributed by atoms with Gasteiger partial charge in [-0.15, -0.1) is 0 Å². The van der Waals surface area contributed by atoms with Crippen molar-refractivity contribution in [1.29, 1.82) is 0 Å². The first-order chi connectivity index (χ1) is 12.0. The molecule has 0 fully saturated rings. The van der Waals surface area contributed by atoms with Gasteiger partial charge in [-0.3, -0.25) is 4.79 Å². The van der Waals surface area contributed by atoms with Crippen molar-refractivity contribution in [1.82, 2.24) is 0 Å². The molecule has 0 aliphatic carbocycles. The summed E-state index contributed by atoms with van der Waals surface area (Å²) < 4.78 is 11.9. The fourth-order valence-corrected chi connectivity index (χ4v) is 3.62. The molecule has 0 amide bonds. The van der Waals surface area contributed by atoms with Gasteiger partial charge in [0.2, 0.25) is 0 Å². The molecule has 1 aliphatic rings. The van der Waals surface area contributed by atoms with E-state index in [9.17, 15) is 4.79 Å². The predicted octanol–water partition coefficient (Wildman–Crippen LogP) is 4.45. The van der Waals surface area contributed by atoms with Crippen LogP contribution in [0, 0.1) is 0 Å². The van der Waals surface area contributed by atoms with Gasteiger partial charge >= 0.3 is 5.97 Å².